The summed E-state index contributed by atoms with van der Waals surface area (Å²) in [6, 6.07) is 13.9. The lowest BCUT2D eigenvalue weighted by Gasteiger charge is -2.08. The minimum absolute atomic E-state index is 0.0680. The molecule has 1 aromatic heterocycles. The number of ether oxygens (including phenoxy) is 1. The first-order valence-electron chi connectivity index (χ1n) is 9.24. The Morgan fingerprint density at radius 3 is 2.39 bits per heavy atom. The molecule has 0 atom stereocenters. The maximum Gasteiger partial charge on any atom is 0.338 e. The van der Waals surface area contributed by atoms with Crippen molar-refractivity contribution in [3.8, 4) is 0 Å². The number of ketones is 1. The van der Waals surface area contributed by atoms with Crippen LogP contribution >= 0.6 is 11.8 Å². The van der Waals surface area contributed by atoms with Crippen LogP contribution in [-0.4, -0.2) is 39.0 Å². The number of nitrogens with one attached hydrogen (secondary N) is 1. The summed E-state index contributed by atoms with van der Waals surface area (Å²) < 4.78 is 4.96. The number of non-ortho nitro benzene ring substituents is 1. The molecule has 0 radical (unpaired) electrons. The molecule has 0 saturated carbocycles. The highest BCUT2D eigenvalue weighted by Gasteiger charge is 2.11. The normalized spacial score (nSPS) is 10.4. The Morgan fingerprint density at radius 2 is 1.74 bits per heavy atom. The average Bonchev–Trinajstić information content (AvgIpc) is 2.78. The van der Waals surface area contributed by atoms with Crippen molar-refractivity contribution in [1.29, 1.82) is 0 Å². The van der Waals surface area contributed by atoms with E-state index in [0.29, 0.717) is 28.7 Å². The van der Waals surface area contributed by atoms with E-state index in [2.05, 4.69) is 15.3 Å². The molecule has 158 valence electrons. The van der Waals surface area contributed by atoms with E-state index in [0.717, 1.165) is 17.4 Å². The lowest BCUT2D eigenvalue weighted by Crippen LogP contribution is -2.05. The maximum atomic E-state index is 12.3. The topological polar surface area (TPSA) is 124 Å². The molecule has 0 unspecified atom stereocenters. The van der Waals surface area contributed by atoms with Gasteiger partial charge in [-0.15, -0.1) is 0 Å². The summed E-state index contributed by atoms with van der Waals surface area (Å²) in [4.78, 5) is 42.7. The molecular formula is C21H18N4O5S. The van der Waals surface area contributed by atoms with Crippen LogP contribution in [0.1, 0.15) is 27.6 Å². The van der Waals surface area contributed by atoms with Crippen molar-refractivity contribution in [3.05, 3.63) is 82.0 Å². The van der Waals surface area contributed by atoms with E-state index in [1.807, 2.05) is 0 Å². The van der Waals surface area contributed by atoms with Gasteiger partial charge in [0.25, 0.3) is 5.69 Å². The van der Waals surface area contributed by atoms with Crippen molar-refractivity contribution in [3.63, 3.8) is 0 Å². The van der Waals surface area contributed by atoms with E-state index in [9.17, 15) is 19.7 Å². The number of Topliss-reactive ketones (excluding diaryl/α,β-unsaturated/α-hetero) is 1. The van der Waals surface area contributed by atoms with Crippen molar-refractivity contribution < 1.29 is 19.2 Å². The number of hydrogen-bond donors (Lipinski definition) is 1. The molecule has 2 aromatic carbocycles. The summed E-state index contributed by atoms with van der Waals surface area (Å²) in [5, 5.41) is 14.2. The molecule has 0 aliphatic carbocycles. The largest absolute Gasteiger partial charge is 0.462 e. The molecule has 0 aliphatic heterocycles. The van der Waals surface area contributed by atoms with Gasteiger partial charge in [-0.3, -0.25) is 14.9 Å². The second kappa shape index (κ2) is 10.3. The molecule has 1 heterocycles. The Hall–Kier alpha value is -3.79. The highest BCUT2D eigenvalue weighted by atomic mass is 32.2. The molecule has 0 fully saturated rings. The number of nitro benzene ring substituents is 1. The predicted octanol–water partition coefficient (Wildman–Crippen LogP) is 4.28. The predicted molar refractivity (Wildman–Crippen MR) is 116 cm³/mol. The zero-order chi connectivity index (χ0) is 22.2. The van der Waals surface area contributed by atoms with Crippen molar-refractivity contribution >= 4 is 40.7 Å². The van der Waals surface area contributed by atoms with Gasteiger partial charge in [0.2, 0.25) is 0 Å². The number of carbonyl (C=O) groups excluding carboxylic acids is 2. The van der Waals surface area contributed by atoms with E-state index >= 15 is 0 Å². The number of anilines is 2. The van der Waals surface area contributed by atoms with Crippen molar-refractivity contribution in [2.45, 2.75) is 12.1 Å². The molecular weight excluding hydrogens is 420 g/mol. The molecule has 0 aliphatic rings. The molecule has 3 rings (SSSR count). The Kier molecular flexibility index (Phi) is 7.28. The second-order valence-corrected chi connectivity index (χ2v) is 7.11. The third-order valence-electron chi connectivity index (χ3n) is 4.03. The van der Waals surface area contributed by atoms with Crippen LogP contribution in [0.25, 0.3) is 0 Å². The number of carbonyl (C=O) groups is 2. The van der Waals surface area contributed by atoms with E-state index in [4.69, 9.17) is 4.74 Å². The Bertz CT molecular complexity index is 1090. The van der Waals surface area contributed by atoms with Crippen LogP contribution in [0, 0.1) is 10.1 Å². The number of esters is 1. The number of nitrogens with zero attached hydrogens (tertiary/aromatic N) is 3. The lowest BCUT2D eigenvalue weighted by molar-refractivity contribution is -0.384. The zero-order valence-corrected chi connectivity index (χ0v) is 17.3. The first-order chi connectivity index (χ1) is 15.0. The first kappa shape index (κ1) is 21.9. The van der Waals surface area contributed by atoms with Gasteiger partial charge in [0.15, 0.2) is 10.9 Å². The van der Waals surface area contributed by atoms with Gasteiger partial charge < -0.3 is 10.1 Å². The van der Waals surface area contributed by atoms with Crippen molar-refractivity contribution in [2.24, 2.45) is 0 Å². The summed E-state index contributed by atoms with van der Waals surface area (Å²) in [6.07, 6.45) is 1.57. The summed E-state index contributed by atoms with van der Waals surface area (Å²) in [5.74, 6) is 0.0585. The van der Waals surface area contributed by atoms with E-state index in [1.165, 1.54) is 24.3 Å². The van der Waals surface area contributed by atoms with Crippen LogP contribution in [0.3, 0.4) is 0 Å². The van der Waals surface area contributed by atoms with Crippen LogP contribution in [0.5, 0.6) is 0 Å². The fourth-order valence-corrected chi connectivity index (χ4v) is 3.24. The average molecular weight is 438 g/mol. The summed E-state index contributed by atoms with van der Waals surface area (Å²) in [6.45, 7) is 2.06. The Balaban J connectivity index is 1.59. The number of aromatic nitrogens is 2. The summed E-state index contributed by atoms with van der Waals surface area (Å²) in [7, 11) is 0. The maximum absolute atomic E-state index is 12.3. The Labute approximate surface area is 182 Å². The quantitative estimate of drug-likeness (QED) is 0.130. The SMILES string of the molecule is CCOC(=O)c1ccc(Nc2ccnc(SCC(=O)c3ccc([N+](=O)[O-])cc3)n2)cc1. The zero-order valence-electron chi connectivity index (χ0n) is 16.5. The van der Waals surface area contributed by atoms with E-state index < -0.39 is 4.92 Å². The van der Waals surface area contributed by atoms with Gasteiger partial charge in [-0.05, 0) is 49.4 Å². The van der Waals surface area contributed by atoms with Gasteiger partial charge in [-0.1, -0.05) is 11.8 Å². The van der Waals surface area contributed by atoms with Crippen molar-refractivity contribution in [2.75, 3.05) is 17.7 Å². The number of nitro groups is 1. The van der Waals surface area contributed by atoms with Gasteiger partial charge in [0.1, 0.15) is 5.82 Å². The fraction of sp³-hybridized carbons (Fsp3) is 0.143. The van der Waals surface area contributed by atoms with Crippen molar-refractivity contribution in [1.82, 2.24) is 9.97 Å². The molecule has 9 nitrogen and oxygen atoms in total. The molecule has 0 amide bonds. The van der Waals surface area contributed by atoms with Crippen LogP contribution in [0.15, 0.2) is 66.0 Å². The molecule has 1 N–H and O–H groups in total. The molecule has 3 aromatic rings. The molecule has 0 saturated heterocycles. The first-order valence-corrected chi connectivity index (χ1v) is 10.2. The van der Waals surface area contributed by atoms with Crippen LogP contribution in [-0.2, 0) is 4.74 Å². The third-order valence-corrected chi connectivity index (χ3v) is 4.90. The van der Waals surface area contributed by atoms with Gasteiger partial charge in [-0.2, -0.15) is 0 Å². The number of thioether (sulfide) groups is 1. The van der Waals surface area contributed by atoms with Gasteiger partial charge in [0, 0.05) is 29.6 Å². The van der Waals surface area contributed by atoms with Crippen LogP contribution < -0.4 is 5.32 Å². The fourth-order valence-electron chi connectivity index (χ4n) is 2.51. The van der Waals surface area contributed by atoms with E-state index in [-0.39, 0.29) is 23.2 Å². The van der Waals surface area contributed by atoms with Crippen LogP contribution in [0.4, 0.5) is 17.2 Å². The highest BCUT2D eigenvalue weighted by molar-refractivity contribution is 7.99. The standard InChI is InChI=1S/C21H18N4O5S/c1-2-30-20(27)15-3-7-16(8-4-15)23-19-11-12-22-21(24-19)31-13-18(26)14-5-9-17(10-6-14)25(28)29/h3-12H,2,13H2,1H3,(H,22,23,24). The van der Waals surface area contributed by atoms with Gasteiger partial charge in [-0.25, -0.2) is 14.8 Å². The minimum atomic E-state index is -0.514. The molecule has 0 spiro atoms. The molecule has 10 heteroatoms. The smallest absolute Gasteiger partial charge is 0.338 e. The third kappa shape index (κ3) is 6.09. The molecule has 0 bridgehead atoms. The van der Waals surface area contributed by atoms with E-state index in [1.54, 1.807) is 43.5 Å². The minimum Gasteiger partial charge on any atom is -0.462 e. The molecule has 31 heavy (non-hydrogen) atoms. The van der Waals surface area contributed by atoms with Crippen LogP contribution in [0.2, 0.25) is 0 Å². The van der Waals surface area contributed by atoms with Gasteiger partial charge >= 0.3 is 5.97 Å². The second-order valence-electron chi connectivity index (χ2n) is 6.16. The monoisotopic (exact) mass is 438 g/mol. The Morgan fingerprint density at radius 1 is 1.06 bits per heavy atom. The summed E-state index contributed by atoms with van der Waals surface area (Å²) >= 11 is 1.16. The summed E-state index contributed by atoms with van der Waals surface area (Å²) in [5.41, 5.74) is 1.50. The number of rotatable bonds is 9. The number of benzene rings is 2. The number of hydrogen-bond acceptors (Lipinski definition) is 9. The van der Waals surface area contributed by atoms with Gasteiger partial charge in [0.05, 0.1) is 22.8 Å². The highest BCUT2D eigenvalue weighted by Crippen LogP contribution is 2.20. The lowest BCUT2D eigenvalue weighted by atomic mass is 10.1.